The Kier molecular flexibility index (Phi) is 9.41. The second-order valence-corrected chi connectivity index (χ2v) is 9.27. The summed E-state index contributed by atoms with van der Waals surface area (Å²) in [6.45, 7) is 9.64. The fraction of sp³-hybridized carbons (Fsp3) is 0.417. The second kappa shape index (κ2) is 11.8. The van der Waals surface area contributed by atoms with Crippen molar-refractivity contribution >= 4 is 27.5 Å². The molecule has 8 heteroatoms. The van der Waals surface area contributed by atoms with Gasteiger partial charge in [-0.15, -0.1) is 0 Å². The summed E-state index contributed by atoms with van der Waals surface area (Å²) in [6, 6.07) is 13.5. The summed E-state index contributed by atoms with van der Waals surface area (Å²) in [5, 5.41) is 2.83. The standard InChI is InChI=1S/C24H33N3O4S/c1-5-26(6-2)24(29)20-12-14-21(15-13-20)25-23(28)18-11-19-9-16-22(17-10-19)32(30,31)27(7-3)8-4/h9-10,12-17H,5-8,11,18H2,1-4H3,(H,25,28). The highest BCUT2D eigenvalue weighted by molar-refractivity contribution is 7.89. The van der Waals surface area contributed by atoms with Gasteiger partial charge in [0.15, 0.2) is 0 Å². The highest BCUT2D eigenvalue weighted by Gasteiger charge is 2.21. The lowest BCUT2D eigenvalue weighted by Crippen LogP contribution is -2.30. The minimum absolute atomic E-state index is 0.0284. The number of sulfonamides is 1. The number of hydrogen-bond donors (Lipinski definition) is 1. The first-order valence-electron chi connectivity index (χ1n) is 11.0. The van der Waals surface area contributed by atoms with Crippen molar-refractivity contribution in [2.45, 2.75) is 45.4 Å². The Morgan fingerprint density at radius 2 is 1.38 bits per heavy atom. The molecule has 0 saturated heterocycles. The zero-order valence-electron chi connectivity index (χ0n) is 19.3. The lowest BCUT2D eigenvalue weighted by molar-refractivity contribution is -0.116. The fourth-order valence-electron chi connectivity index (χ4n) is 3.41. The lowest BCUT2D eigenvalue weighted by Gasteiger charge is -2.18. The van der Waals surface area contributed by atoms with Crippen LogP contribution in [0.2, 0.25) is 0 Å². The van der Waals surface area contributed by atoms with Crippen molar-refractivity contribution in [1.29, 1.82) is 0 Å². The molecule has 1 N–H and O–H groups in total. The molecule has 32 heavy (non-hydrogen) atoms. The van der Waals surface area contributed by atoms with Gasteiger partial charge in [0.2, 0.25) is 15.9 Å². The highest BCUT2D eigenvalue weighted by Crippen LogP contribution is 2.17. The normalized spacial score (nSPS) is 11.4. The van der Waals surface area contributed by atoms with Crippen molar-refractivity contribution in [3.8, 4) is 0 Å². The number of rotatable bonds is 11. The molecule has 0 aliphatic heterocycles. The van der Waals surface area contributed by atoms with E-state index in [0.29, 0.717) is 43.9 Å². The number of amides is 2. The van der Waals surface area contributed by atoms with Crippen LogP contribution < -0.4 is 5.32 Å². The van der Waals surface area contributed by atoms with Gasteiger partial charge in [-0.05, 0) is 62.2 Å². The molecule has 0 spiro atoms. The van der Waals surface area contributed by atoms with Gasteiger partial charge in [-0.2, -0.15) is 4.31 Å². The summed E-state index contributed by atoms with van der Waals surface area (Å²) in [5.74, 6) is -0.174. The molecular formula is C24H33N3O4S. The van der Waals surface area contributed by atoms with E-state index in [4.69, 9.17) is 0 Å². The van der Waals surface area contributed by atoms with Crippen LogP contribution in [0.4, 0.5) is 5.69 Å². The molecule has 7 nitrogen and oxygen atoms in total. The largest absolute Gasteiger partial charge is 0.339 e. The highest BCUT2D eigenvalue weighted by atomic mass is 32.2. The van der Waals surface area contributed by atoms with Crippen molar-refractivity contribution in [1.82, 2.24) is 9.21 Å². The average molecular weight is 460 g/mol. The van der Waals surface area contributed by atoms with E-state index in [1.807, 2.05) is 27.7 Å². The SMILES string of the molecule is CCN(CC)C(=O)c1ccc(NC(=O)CCc2ccc(S(=O)(=O)N(CC)CC)cc2)cc1. The van der Waals surface area contributed by atoms with E-state index >= 15 is 0 Å². The van der Waals surface area contributed by atoms with Crippen LogP contribution in [0, 0.1) is 0 Å². The minimum Gasteiger partial charge on any atom is -0.339 e. The number of aryl methyl sites for hydroxylation is 1. The molecule has 2 amide bonds. The summed E-state index contributed by atoms with van der Waals surface area (Å²) < 4.78 is 26.5. The molecule has 2 rings (SSSR count). The van der Waals surface area contributed by atoms with Gasteiger partial charge >= 0.3 is 0 Å². The minimum atomic E-state index is -3.48. The van der Waals surface area contributed by atoms with Gasteiger partial charge in [0, 0.05) is 43.9 Å². The summed E-state index contributed by atoms with van der Waals surface area (Å²) in [7, 11) is -3.48. The number of benzene rings is 2. The van der Waals surface area contributed by atoms with Gasteiger partial charge in [-0.1, -0.05) is 26.0 Å². The molecule has 0 aromatic heterocycles. The van der Waals surface area contributed by atoms with Crippen molar-refractivity contribution in [2.24, 2.45) is 0 Å². The maximum Gasteiger partial charge on any atom is 0.253 e. The van der Waals surface area contributed by atoms with Crippen molar-refractivity contribution < 1.29 is 18.0 Å². The summed E-state index contributed by atoms with van der Waals surface area (Å²) in [4.78, 5) is 26.7. The van der Waals surface area contributed by atoms with Crippen molar-refractivity contribution in [3.63, 3.8) is 0 Å². The molecule has 174 valence electrons. The van der Waals surface area contributed by atoms with E-state index in [1.54, 1.807) is 53.4 Å². The molecule has 2 aromatic carbocycles. The molecule has 0 bridgehead atoms. The molecule has 0 heterocycles. The molecule has 0 aliphatic rings. The molecule has 0 aliphatic carbocycles. The first-order valence-corrected chi connectivity index (χ1v) is 12.5. The predicted octanol–water partition coefficient (Wildman–Crippen LogP) is 3.77. The Labute approximate surface area is 191 Å². The Balaban J connectivity index is 1.92. The van der Waals surface area contributed by atoms with Crippen LogP contribution in [0.25, 0.3) is 0 Å². The van der Waals surface area contributed by atoms with Crippen LogP contribution in [-0.2, 0) is 21.2 Å². The number of carbonyl (C=O) groups is 2. The smallest absolute Gasteiger partial charge is 0.253 e. The summed E-state index contributed by atoms with van der Waals surface area (Å²) in [5.41, 5.74) is 2.11. The van der Waals surface area contributed by atoms with Gasteiger partial charge < -0.3 is 10.2 Å². The third-order valence-corrected chi connectivity index (χ3v) is 7.44. The number of nitrogens with zero attached hydrogens (tertiary/aromatic N) is 2. The van der Waals surface area contributed by atoms with E-state index in [-0.39, 0.29) is 23.1 Å². The Bertz CT molecular complexity index is 995. The predicted molar refractivity (Wildman–Crippen MR) is 127 cm³/mol. The number of anilines is 1. The molecule has 2 aromatic rings. The van der Waals surface area contributed by atoms with E-state index in [1.165, 1.54) is 4.31 Å². The average Bonchev–Trinajstić information content (AvgIpc) is 2.80. The van der Waals surface area contributed by atoms with Gasteiger partial charge in [0.25, 0.3) is 5.91 Å². The van der Waals surface area contributed by atoms with Gasteiger partial charge in [-0.3, -0.25) is 9.59 Å². The zero-order valence-corrected chi connectivity index (χ0v) is 20.1. The number of nitrogens with one attached hydrogen (secondary N) is 1. The van der Waals surface area contributed by atoms with Gasteiger partial charge in [0.05, 0.1) is 4.90 Å². The number of hydrogen-bond acceptors (Lipinski definition) is 4. The third kappa shape index (κ3) is 6.40. The maximum absolute atomic E-state index is 12.6. The van der Waals surface area contributed by atoms with Gasteiger partial charge in [0.1, 0.15) is 0 Å². The second-order valence-electron chi connectivity index (χ2n) is 7.34. The third-order valence-electron chi connectivity index (χ3n) is 5.37. The molecule has 0 radical (unpaired) electrons. The van der Waals surface area contributed by atoms with Crippen LogP contribution in [0.5, 0.6) is 0 Å². The molecule has 0 fully saturated rings. The maximum atomic E-state index is 12.6. The molecule has 0 unspecified atom stereocenters. The molecule has 0 atom stereocenters. The monoisotopic (exact) mass is 459 g/mol. The first kappa shape index (κ1) is 25.5. The fourth-order valence-corrected chi connectivity index (χ4v) is 4.87. The Morgan fingerprint density at radius 1 is 0.812 bits per heavy atom. The molecular weight excluding hydrogens is 426 g/mol. The van der Waals surface area contributed by atoms with Crippen LogP contribution in [0.3, 0.4) is 0 Å². The lowest BCUT2D eigenvalue weighted by atomic mass is 10.1. The van der Waals surface area contributed by atoms with Crippen molar-refractivity contribution in [3.05, 3.63) is 59.7 Å². The van der Waals surface area contributed by atoms with Crippen LogP contribution in [-0.4, -0.2) is 55.6 Å². The van der Waals surface area contributed by atoms with E-state index in [2.05, 4.69) is 5.32 Å². The number of carbonyl (C=O) groups excluding carboxylic acids is 2. The van der Waals surface area contributed by atoms with Crippen LogP contribution in [0.1, 0.15) is 50.0 Å². The van der Waals surface area contributed by atoms with Gasteiger partial charge in [-0.25, -0.2) is 8.42 Å². The Hall–Kier alpha value is -2.71. The van der Waals surface area contributed by atoms with E-state index in [0.717, 1.165) is 5.56 Å². The van der Waals surface area contributed by atoms with E-state index < -0.39 is 10.0 Å². The van der Waals surface area contributed by atoms with Crippen LogP contribution in [0.15, 0.2) is 53.4 Å². The molecule has 0 saturated carbocycles. The van der Waals surface area contributed by atoms with Crippen molar-refractivity contribution in [2.75, 3.05) is 31.5 Å². The zero-order chi connectivity index (χ0) is 23.7. The first-order chi connectivity index (χ1) is 15.3. The Morgan fingerprint density at radius 3 is 1.88 bits per heavy atom. The topological polar surface area (TPSA) is 86.8 Å². The van der Waals surface area contributed by atoms with Crippen LogP contribution >= 0.6 is 0 Å². The van der Waals surface area contributed by atoms with E-state index in [9.17, 15) is 18.0 Å². The summed E-state index contributed by atoms with van der Waals surface area (Å²) in [6.07, 6.45) is 0.762. The quantitative estimate of drug-likeness (QED) is 0.554. The summed E-state index contributed by atoms with van der Waals surface area (Å²) >= 11 is 0.